The van der Waals surface area contributed by atoms with E-state index in [1.807, 2.05) is 0 Å². The molecule has 0 spiro atoms. The molecule has 1 aromatic carbocycles. The highest BCUT2D eigenvalue weighted by Gasteiger charge is 2.63. The summed E-state index contributed by atoms with van der Waals surface area (Å²) in [5.74, 6) is -0.996. The monoisotopic (exact) mass is 536 g/mol. The van der Waals surface area contributed by atoms with Crippen LogP contribution >= 0.6 is 0 Å². The molecule has 10 nitrogen and oxygen atoms in total. The van der Waals surface area contributed by atoms with E-state index in [2.05, 4.69) is 11.8 Å². The quantitative estimate of drug-likeness (QED) is 0.239. The number of rotatable bonds is 2. The fourth-order valence-electron chi connectivity index (χ4n) is 6.81. The van der Waals surface area contributed by atoms with E-state index in [1.165, 1.54) is 11.0 Å². The number of primary amides is 1. The number of aliphatic hydroxyl groups excluding tert-OH is 2. The fraction of sp³-hybridized carbons (Fsp3) is 0.483. The van der Waals surface area contributed by atoms with E-state index in [0.717, 1.165) is 19.3 Å². The molecule has 5 rings (SSSR count). The lowest BCUT2D eigenvalue weighted by atomic mass is 9.58. The van der Waals surface area contributed by atoms with Gasteiger partial charge in [0.2, 0.25) is 5.78 Å². The van der Waals surface area contributed by atoms with Gasteiger partial charge in [0.15, 0.2) is 11.4 Å². The largest absolute Gasteiger partial charge is 0.510 e. The topological polar surface area (TPSA) is 182 Å². The lowest BCUT2D eigenvalue weighted by Gasteiger charge is -2.50. The summed E-state index contributed by atoms with van der Waals surface area (Å²) in [5, 5.41) is 55.4. The molecule has 1 fully saturated rings. The summed E-state index contributed by atoms with van der Waals surface area (Å²) in [6, 6.07) is 1.83. The van der Waals surface area contributed by atoms with Crippen LogP contribution in [-0.4, -0.2) is 79.2 Å². The van der Waals surface area contributed by atoms with Crippen LogP contribution in [0.5, 0.6) is 5.75 Å². The number of likely N-dealkylation sites (N-methyl/N-ethyl adjacent to an activating group) is 1. The Hall–Kier alpha value is -3.65. The lowest BCUT2D eigenvalue weighted by molar-refractivity contribution is -0.148. The maximum absolute atomic E-state index is 13.8. The van der Waals surface area contributed by atoms with Gasteiger partial charge < -0.3 is 31.3 Å². The van der Waals surface area contributed by atoms with Crippen LogP contribution in [0.1, 0.15) is 60.0 Å². The Morgan fingerprint density at radius 3 is 2.36 bits per heavy atom. The van der Waals surface area contributed by atoms with Gasteiger partial charge >= 0.3 is 0 Å². The molecule has 7 N–H and O–H groups in total. The summed E-state index contributed by atoms with van der Waals surface area (Å²) in [4.78, 5) is 40.7. The number of allylic oxidation sites excluding steroid dienone is 1. The first-order valence-electron chi connectivity index (χ1n) is 13.1. The number of ketones is 2. The second-order valence-electron chi connectivity index (χ2n) is 11.3. The van der Waals surface area contributed by atoms with Crippen molar-refractivity contribution in [1.82, 2.24) is 4.90 Å². The Balaban J connectivity index is 1.65. The van der Waals surface area contributed by atoms with Crippen LogP contribution in [0.3, 0.4) is 0 Å². The summed E-state index contributed by atoms with van der Waals surface area (Å²) in [6.07, 6.45) is 4.00. The van der Waals surface area contributed by atoms with Crippen LogP contribution in [0.4, 0.5) is 0 Å². The number of benzene rings is 1. The molecule has 0 aliphatic heterocycles. The van der Waals surface area contributed by atoms with E-state index in [9.17, 15) is 39.9 Å². The van der Waals surface area contributed by atoms with Crippen LogP contribution in [0.15, 0.2) is 34.8 Å². The molecule has 39 heavy (non-hydrogen) atoms. The first kappa shape index (κ1) is 26.9. The van der Waals surface area contributed by atoms with Crippen LogP contribution in [-0.2, 0) is 16.0 Å². The Bertz CT molecular complexity index is 1420. The molecule has 1 aromatic rings. The maximum Gasteiger partial charge on any atom is 0.255 e. The molecule has 0 saturated heterocycles. The predicted molar refractivity (Wildman–Crippen MR) is 139 cm³/mol. The van der Waals surface area contributed by atoms with Gasteiger partial charge in [-0.05, 0) is 76.2 Å². The lowest BCUT2D eigenvalue weighted by Crippen LogP contribution is -2.63. The van der Waals surface area contributed by atoms with Gasteiger partial charge in [-0.2, -0.15) is 0 Å². The van der Waals surface area contributed by atoms with E-state index in [4.69, 9.17) is 5.73 Å². The average Bonchev–Trinajstić information content (AvgIpc) is 2.86. The van der Waals surface area contributed by atoms with Crippen LogP contribution < -0.4 is 5.73 Å². The smallest absolute Gasteiger partial charge is 0.255 e. The normalized spacial score (nSPS) is 29.8. The SMILES string of the molecule is CN(C)[C@H]1C(O)=C(C(N)=O)C(=O)[C@@]2(O)C(O)=C3C(=O)c4c(O)ccc(C#CC5(O)CCCCC5)c4C[C@@H]3C[C@@H]12. The van der Waals surface area contributed by atoms with Gasteiger partial charge in [0.25, 0.3) is 5.91 Å². The zero-order valence-electron chi connectivity index (χ0n) is 21.8. The Kier molecular flexibility index (Phi) is 6.37. The number of nitrogens with zero attached hydrogens (tertiary/aromatic N) is 1. The molecular formula is C29H32N2O8. The van der Waals surface area contributed by atoms with Gasteiger partial charge in [0.05, 0.1) is 11.6 Å². The molecule has 4 atom stereocenters. The molecule has 4 aliphatic carbocycles. The van der Waals surface area contributed by atoms with Gasteiger partial charge in [-0.3, -0.25) is 19.3 Å². The molecule has 0 aromatic heterocycles. The number of phenolic OH excluding ortho intramolecular Hbond substituents is 1. The highest BCUT2D eigenvalue weighted by molar-refractivity contribution is 6.24. The van der Waals surface area contributed by atoms with Crippen molar-refractivity contribution >= 4 is 17.5 Å². The molecule has 1 amide bonds. The third-order valence-electron chi connectivity index (χ3n) is 8.72. The average molecular weight is 537 g/mol. The summed E-state index contributed by atoms with van der Waals surface area (Å²) in [5.41, 5.74) is 1.28. The number of hydrogen-bond donors (Lipinski definition) is 6. The molecule has 0 radical (unpaired) electrons. The molecule has 0 heterocycles. The van der Waals surface area contributed by atoms with Crippen molar-refractivity contribution in [2.24, 2.45) is 17.6 Å². The van der Waals surface area contributed by atoms with Gasteiger partial charge in [-0.1, -0.05) is 18.3 Å². The molecular weight excluding hydrogens is 504 g/mol. The van der Waals surface area contributed by atoms with Gasteiger partial charge in [0, 0.05) is 17.1 Å². The van der Waals surface area contributed by atoms with E-state index in [-0.39, 0.29) is 29.7 Å². The van der Waals surface area contributed by atoms with E-state index < -0.39 is 63.6 Å². The Labute approximate surface area is 225 Å². The zero-order chi connectivity index (χ0) is 28.4. The molecule has 10 heteroatoms. The molecule has 1 saturated carbocycles. The maximum atomic E-state index is 13.8. The Morgan fingerprint density at radius 1 is 1.08 bits per heavy atom. The Morgan fingerprint density at radius 2 is 1.74 bits per heavy atom. The number of aliphatic hydroxyl groups is 4. The molecule has 206 valence electrons. The van der Waals surface area contributed by atoms with Crippen molar-refractivity contribution in [2.45, 2.75) is 62.2 Å². The van der Waals surface area contributed by atoms with Crippen molar-refractivity contribution in [1.29, 1.82) is 0 Å². The minimum Gasteiger partial charge on any atom is -0.510 e. The van der Waals surface area contributed by atoms with Crippen molar-refractivity contribution in [3.05, 3.63) is 51.5 Å². The number of fused-ring (bicyclic) bond motifs is 3. The summed E-state index contributed by atoms with van der Waals surface area (Å²) < 4.78 is 0. The first-order valence-corrected chi connectivity index (χ1v) is 13.1. The number of phenols is 1. The van der Waals surface area contributed by atoms with Crippen molar-refractivity contribution in [3.8, 4) is 17.6 Å². The number of aromatic hydroxyl groups is 1. The summed E-state index contributed by atoms with van der Waals surface area (Å²) in [6.45, 7) is 0. The minimum atomic E-state index is -2.68. The van der Waals surface area contributed by atoms with Crippen molar-refractivity contribution in [2.75, 3.05) is 14.1 Å². The van der Waals surface area contributed by atoms with E-state index in [1.54, 1.807) is 20.2 Å². The van der Waals surface area contributed by atoms with E-state index in [0.29, 0.717) is 24.0 Å². The third kappa shape index (κ3) is 3.95. The number of hydrogen-bond acceptors (Lipinski definition) is 9. The number of amides is 1. The standard InChI is InChI=1S/C29H32N2O8/c1-31(2)22-17-13-15-12-16-14(8-11-28(38)9-4-3-5-10-28)6-7-18(32)20(16)23(33)19(15)25(35)29(17,39)26(36)21(24(22)34)27(30)37/h6-7,15,17,22,32,34-35,38-39H,3-5,9-10,12-13H2,1-2H3,(H2,30,37)/t15-,17+,22-,29+/m1/s1. The number of carbonyl (C=O) groups is 3. The van der Waals surface area contributed by atoms with Gasteiger partial charge in [0.1, 0.15) is 28.4 Å². The van der Waals surface area contributed by atoms with Crippen molar-refractivity contribution < 1.29 is 39.9 Å². The minimum absolute atomic E-state index is 0.00176. The highest BCUT2D eigenvalue weighted by atomic mass is 16.3. The first-order chi connectivity index (χ1) is 18.3. The predicted octanol–water partition coefficient (Wildman–Crippen LogP) is 1.17. The molecule has 0 bridgehead atoms. The van der Waals surface area contributed by atoms with Gasteiger partial charge in [-0.25, -0.2) is 0 Å². The highest BCUT2D eigenvalue weighted by Crippen LogP contribution is 2.52. The summed E-state index contributed by atoms with van der Waals surface area (Å²) in [7, 11) is 3.16. The van der Waals surface area contributed by atoms with Crippen LogP contribution in [0.25, 0.3) is 0 Å². The molecule has 4 aliphatic rings. The van der Waals surface area contributed by atoms with Crippen molar-refractivity contribution in [3.63, 3.8) is 0 Å². The van der Waals surface area contributed by atoms with Crippen LogP contribution in [0, 0.1) is 23.7 Å². The van der Waals surface area contributed by atoms with Gasteiger partial charge in [-0.15, -0.1) is 0 Å². The third-order valence-corrected chi connectivity index (χ3v) is 8.72. The second-order valence-corrected chi connectivity index (χ2v) is 11.3. The molecule has 0 unspecified atom stereocenters. The second kappa shape index (κ2) is 9.23. The zero-order valence-corrected chi connectivity index (χ0v) is 21.8. The van der Waals surface area contributed by atoms with Crippen LogP contribution in [0.2, 0.25) is 0 Å². The fourth-order valence-corrected chi connectivity index (χ4v) is 6.81. The summed E-state index contributed by atoms with van der Waals surface area (Å²) >= 11 is 0. The number of nitrogens with two attached hydrogens (primary N) is 1. The number of carbonyl (C=O) groups excluding carboxylic acids is 3. The van der Waals surface area contributed by atoms with E-state index >= 15 is 0 Å². The number of Topliss-reactive ketones (excluding diaryl/α,β-unsaturated/α-hetero) is 2.